The van der Waals surface area contributed by atoms with Gasteiger partial charge in [-0.1, -0.05) is 12.1 Å². The van der Waals surface area contributed by atoms with Gasteiger partial charge in [0.1, 0.15) is 17.7 Å². The number of carbonyl (C=O) groups excluding carboxylic acids is 3. The van der Waals surface area contributed by atoms with Crippen molar-refractivity contribution in [1.82, 2.24) is 19.4 Å². The number of benzene rings is 1. The van der Waals surface area contributed by atoms with Crippen molar-refractivity contribution in [3.05, 3.63) is 64.9 Å². The summed E-state index contributed by atoms with van der Waals surface area (Å²) < 4.78 is 43.2. The second-order valence-corrected chi connectivity index (χ2v) is 12.0. The molecule has 234 valence electrons. The number of para-hydroxylation sites is 1. The highest BCUT2D eigenvalue weighted by atomic mass is 19.4. The van der Waals surface area contributed by atoms with Gasteiger partial charge in [-0.2, -0.15) is 13.2 Å². The van der Waals surface area contributed by atoms with Gasteiger partial charge in [0.2, 0.25) is 11.8 Å². The Kier molecular flexibility index (Phi) is 7.34. The van der Waals surface area contributed by atoms with Gasteiger partial charge in [0.05, 0.1) is 35.7 Å². The summed E-state index contributed by atoms with van der Waals surface area (Å²) in [6, 6.07) is 6.16. The number of fused-ring (bicyclic) bond motifs is 3. The van der Waals surface area contributed by atoms with E-state index in [1.54, 1.807) is 11.9 Å². The lowest BCUT2D eigenvalue weighted by Crippen LogP contribution is -2.52. The lowest BCUT2D eigenvalue weighted by molar-refractivity contribution is -0.137. The molecule has 0 radical (unpaired) electrons. The van der Waals surface area contributed by atoms with Crippen LogP contribution in [0.2, 0.25) is 0 Å². The van der Waals surface area contributed by atoms with Crippen molar-refractivity contribution in [2.24, 2.45) is 5.92 Å². The van der Waals surface area contributed by atoms with E-state index < -0.39 is 41.4 Å². The maximum Gasteiger partial charge on any atom is 0.416 e. The van der Waals surface area contributed by atoms with E-state index in [0.717, 1.165) is 34.0 Å². The van der Waals surface area contributed by atoms with Crippen LogP contribution in [0.4, 0.5) is 30.4 Å². The number of halogens is 3. The molecule has 0 aliphatic carbocycles. The number of aromatic nitrogens is 3. The number of alkyl halides is 3. The van der Waals surface area contributed by atoms with Crippen LogP contribution in [0.15, 0.2) is 36.5 Å². The lowest BCUT2D eigenvalue weighted by atomic mass is 9.95. The number of carbonyl (C=O) groups is 3. The van der Waals surface area contributed by atoms with Crippen LogP contribution in [0, 0.1) is 32.1 Å². The fraction of sp³-hybridized carbons (Fsp3) is 0.406. The molecule has 0 spiro atoms. The number of anilines is 3. The van der Waals surface area contributed by atoms with Gasteiger partial charge in [-0.15, -0.1) is 6.42 Å². The molecule has 0 saturated carbocycles. The zero-order chi connectivity index (χ0) is 32.4. The summed E-state index contributed by atoms with van der Waals surface area (Å²) in [6.07, 6.45) is 2.62. The molecule has 3 atom stereocenters. The van der Waals surface area contributed by atoms with Crippen LogP contribution in [0.1, 0.15) is 41.7 Å². The third-order valence-corrected chi connectivity index (χ3v) is 8.83. The van der Waals surface area contributed by atoms with Crippen molar-refractivity contribution in [2.45, 2.75) is 65.1 Å². The van der Waals surface area contributed by atoms with Gasteiger partial charge >= 0.3 is 6.18 Å². The average molecular weight is 620 g/mol. The number of terminal acetylenes is 1. The minimum atomic E-state index is -4.65. The topological polar surface area (TPSA) is 94.9 Å². The third kappa shape index (κ3) is 5.28. The summed E-state index contributed by atoms with van der Waals surface area (Å²) >= 11 is 0. The van der Waals surface area contributed by atoms with Gasteiger partial charge in [-0.25, -0.2) is 9.97 Å². The highest BCUT2D eigenvalue weighted by Crippen LogP contribution is 2.42. The lowest BCUT2D eigenvalue weighted by Gasteiger charge is -2.39. The molecule has 13 heteroatoms. The number of amides is 3. The van der Waals surface area contributed by atoms with E-state index in [4.69, 9.17) is 11.4 Å². The van der Waals surface area contributed by atoms with E-state index in [1.807, 2.05) is 42.8 Å². The summed E-state index contributed by atoms with van der Waals surface area (Å²) in [5.74, 6) is 0.868. The van der Waals surface area contributed by atoms with Crippen LogP contribution < -0.4 is 14.7 Å². The van der Waals surface area contributed by atoms with Gasteiger partial charge in [0, 0.05) is 50.4 Å². The number of rotatable bonds is 3. The molecule has 1 aromatic carbocycles. The van der Waals surface area contributed by atoms with Gasteiger partial charge in [0.15, 0.2) is 0 Å². The van der Waals surface area contributed by atoms with Gasteiger partial charge in [0.25, 0.3) is 5.91 Å². The monoisotopic (exact) mass is 619 g/mol. The quantitative estimate of drug-likeness (QED) is 0.416. The summed E-state index contributed by atoms with van der Waals surface area (Å²) in [5, 5.41) is 0. The van der Waals surface area contributed by atoms with Gasteiger partial charge in [-0.05, 0) is 50.5 Å². The van der Waals surface area contributed by atoms with Crippen LogP contribution in [0.25, 0.3) is 0 Å². The second kappa shape index (κ2) is 10.9. The average Bonchev–Trinajstić information content (AvgIpc) is 3.52. The molecule has 0 unspecified atom stereocenters. The summed E-state index contributed by atoms with van der Waals surface area (Å²) in [6.45, 7) is 6.68. The largest absolute Gasteiger partial charge is 0.416 e. The van der Waals surface area contributed by atoms with Gasteiger partial charge < -0.3 is 19.3 Å². The summed E-state index contributed by atoms with van der Waals surface area (Å²) in [5.41, 5.74) is 2.19. The van der Waals surface area contributed by atoms with Crippen LogP contribution in [-0.4, -0.2) is 62.8 Å². The molecule has 3 aromatic rings. The Hall–Kier alpha value is -4.86. The van der Waals surface area contributed by atoms with Crippen molar-refractivity contribution in [2.75, 3.05) is 28.3 Å². The number of nitrogens with zero attached hydrogens (tertiary/aromatic N) is 7. The predicted octanol–water partition coefficient (Wildman–Crippen LogP) is 3.68. The second-order valence-electron chi connectivity index (χ2n) is 12.0. The Balaban J connectivity index is 1.39. The molecule has 5 heterocycles. The Morgan fingerprint density at radius 3 is 2.60 bits per heavy atom. The first-order chi connectivity index (χ1) is 21.3. The van der Waals surface area contributed by atoms with E-state index in [2.05, 4.69) is 15.8 Å². The summed E-state index contributed by atoms with van der Waals surface area (Å²) in [7, 11) is 1.61. The molecule has 3 aliphatic heterocycles. The van der Waals surface area contributed by atoms with E-state index in [1.165, 1.54) is 11.8 Å². The number of imidazole rings is 1. The normalized spacial score (nSPS) is 21.6. The first kappa shape index (κ1) is 30.2. The SMILES string of the molecule is C#CC(=O)N1Cc2nc(CN3C[C@H]4CC(=O)N(c5cc(C(F)(F)F)cc(C)n5)[C@@H]4C(=O)N(C)c4cccc(C)c43)cn2C[C@H]1C. The maximum atomic E-state index is 14.1. The molecule has 1 saturated heterocycles. The highest BCUT2D eigenvalue weighted by molar-refractivity contribution is 6.10. The van der Waals surface area contributed by atoms with Crippen molar-refractivity contribution >= 4 is 34.9 Å². The molecule has 3 amide bonds. The van der Waals surface area contributed by atoms with Crippen molar-refractivity contribution in [1.29, 1.82) is 0 Å². The first-order valence-electron chi connectivity index (χ1n) is 14.6. The molecule has 45 heavy (non-hydrogen) atoms. The molecule has 3 aliphatic rings. The minimum Gasteiger partial charge on any atom is -0.363 e. The van der Waals surface area contributed by atoms with E-state index in [9.17, 15) is 27.6 Å². The number of pyridine rings is 1. The molecule has 10 nitrogen and oxygen atoms in total. The van der Waals surface area contributed by atoms with Crippen molar-refractivity contribution in [3.63, 3.8) is 0 Å². The minimum absolute atomic E-state index is 0.0424. The molecular formula is C32H32F3N7O3. The molecule has 0 bridgehead atoms. The van der Waals surface area contributed by atoms with Crippen LogP contribution in [0.3, 0.4) is 0 Å². The molecule has 6 rings (SSSR count). The Bertz CT molecular complexity index is 1760. The molecule has 0 N–H and O–H groups in total. The fourth-order valence-corrected chi connectivity index (χ4v) is 6.76. The van der Waals surface area contributed by atoms with Crippen LogP contribution >= 0.6 is 0 Å². The Labute approximate surface area is 258 Å². The van der Waals surface area contributed by atoms with E-state index in [0.29, 0.717) is 24.6 Å². The van der Waals surface area contributed by atoms with Crippen molar-refractivity contribution in [3.8, 4) is 12.3 Å². The number of hydrogen-bond donors (Lipinski definition) is 0. The number of hydrogen-bond acceptors (Lipinski definition) is 6. The van der Waals surface area contributed by atoms with Crippen LogP contribution in [0.5, 0.6) is 0 Å². The van der Waals surface area contributed by atoms with Crippen LogP contribution in [-0.2, 0) is 40.2 Å². The fourth-order valence-electron chi connectivity index (χ4n) is 6.76. The Morgan fingerprint density at radius 1 is 1.13 bits per heavy atom. The molecule has 2 aromatic heterocycles. The van der Waals surface area contributed by atoms with E-state index >= 15 is 0 Å². The highest BCUT2D eigenvalue weighted by Gasteiger charge is 2.49. The zero-order valence-corrected chi connectivity index (χ0v) is 25.3. The smallest absolute Gasteiger partial charge is 0.363 e. The predicted molar refractivity (Wildman–Crippen MR) is 160 cm³/mol. The van der Waals surface area contributed by atoms with Gasteiger partial charge in [-0.3, -0.25) is 19.3 Å². The zero-order valence-electron chi connectivity index (χ0n) is 25.3. The van der Waals surface area contributed by atoms with E-state index in [-0.39, 0.29) is 37.1 Å². The third-order valence-electron chi connectivity index (χ3n) is 8.83. The standard InChI is InChI=1S/C32H32F3N7O3/c1-6-27(43)41-17-26-37-23(15-39(26)13-20(41)4)16-40-14-21-11-28(44)42(25-12-22(32(33,34)35)10-19(3)36-25)30(21)31(45)38(5)24-9-7-8-18(2)29(24)40/h1,7-10,12,15,20-21,30H,11,13-14,16-17H2,2-5H3/t20-,21-,30+/m1/s1. The molecule has 1 fully saturated rings. The summed E-state index contributed by atoms with van der Waals surface area (Å²) in [4.78, 5) is 55.3. The maximum absolute atomic E-state index is 14.1. The first-order valence-corrected chi connectivity index (χ1v) is 14.6. The molecular weight excluding hydrogens is 587 g/mol. The van der Waals surface area contributed by atoms with Crippen molar-refractivity contribution < 1.29 is 27.6 Å². The number of likely N-dealkylation sites (N-methyl/N-ethyl adjacent to an activating group) is 1. The Morgan fingerprint density at radius 2 is 1.89 bits per heavy atom. The number of aryl methyl sites for hydroxylation is 2.